The van der Waals surface area contributed by atoms with Crippen molar-refractivity contribution in [3.63, 3.8) is 0 Å². The monoisotopic (exact) mass is 259 g/mol. The minimum Gasteiger partial charge on any atom is -0.311 e. The van der Waals surface area contributed by atoms with E-state index in [0.29, 0.717) is 6.04 Å². The van der Waals surface area contributed by atoms with Gasteiger partial charge in [0.2, 0.25) is 0 Å². The number of hydrogen-bond donors (Lipinski definition) is 1. The highest BCUT2D eigenvalue weighted by Crippen LogP contribution is 2.29. The van der Waals surface area contributed by atoms with Gasteiger partial charge in [-0.2, -0.15) is 0 Å². The Morgan fingerprint density at radius 2 is 1.89 bits per heavy atom. The molecule has 0 radical (unpaired) electrons. The summed E-state index contributed by atoms with van der Waals surface area (Å²) in [6.07, 6.45) is 5.23. The standard InChI is InChI=1S/C18H29N/c1-13-9-10-18(11-15(13)3)19-16(4)12-17-8-6-5-7-14(17)2/h5-8,13,15-16,18-19H,9-12H2,1-4H3. The second-order valence-electron chi connectivity index (χ2n) is 6.66. The van der Waals surface area contributed by atoms with Crippen LogP contribution < -0.4 is 5.32 Å². The molecule has 0 amide bonds. The van der Waals surface area contributed by atoms with Gasteiger partial charge in [-0.25, -0.2) is 0 Å². The highest BCUT2D eigenvalue weighted by molar-refractivity contribution is 5.26. The van der Waals surface area contributed by atoms with Crippen LogP contribution in [-0.4, -0.2) is 12.1 Å². The Morgan fingerprint density at radius 1 is 1.16 bits per heavy atom. The smallest absolute Gasteiger partial charge is 0.00818 e. The van der Waals surface area contributed by atoms with Gasteiger partial charge in [0.05, 0.1) is 0 Å². The fraction of sp³-hybridized carbons (Fsp3) is 0.667. The average Bonchev–Trinajstić information content (AvgIpc) is 2.37. The lowest BCUT2D eigenvalue weighted by Gasteiger charge is -2.34. The van der Waals surface area contributed by atoms with Crippen LogP contribution in [0.2, 0.25) is 0 Å². The van der Waals surface area contributed by atoms with Gasteiger partial charge >= 0.3 is 0 Å². The van der Waals surface area contributed by atoms with Crippen LogP contribution in [0.15, 0.2) is 24.3 Å². The molecule has 1 aromatic carbocycles. The van der Waals surface area contributed by atoms with E-state index in [1.165, 1.54) is 30.4 Å². The SMILES string of the molecule is Cc1ccccc1CC(C)NC1CCC(C)C(C)C1. The third-order valence-electron chi connectivity index (χ3n) is 4.91. The maximum absolute atomic E-state index is 3.85. The van der Waals surface area contributed by atoms with Gasteiger partial charge in [-0.1, -0.05) is 38.1 Å². The van der Waals surface area contributed by atoms with Crippen LogP contribution in [0.1, 0.15) is 51.2 Å². The van der Waals surface area contributed by atoms with E-state index in [0.717, 1.165) is 24.3 Å². The molecule has 0 saturated heterocycles. The molecule has 0 aliphatic heterocycles. The number of rotatable bonds is 4. The zero-order chi connectivity index (χ0) is 13.8. The average molecular weight is 259 g/mol. The van der Waals surface area contributed by atoms with Crippen molar-refractivity contribution in [3.8, 4) is 0 Å². The summed E-state index contributed by atoms with van der Waals surface area (Å²) in [6.45, 7) is 9.35. The molecule has 4 atom stereocenters. The number of hydrogen-bond acceptors (Lipinski definition) is 1. The molecule has 1 nitrogen and oxygen atoms in total. The molecule has 1 aliphatic rings. The summed E-state index contributed by atoms with van der Waals surface area (Å²) in [7, 11) is 0. The predicted octanol–water partition coefficient (Wildman–Crippen LogP) is 4.34. The molecule has 0 heterocycles. The van der Waals surface area contributed by atoms with Gasteiger partial charge in [-0.15, -0.1) is 0 Å². The third-order valence-corrected chi connectivity index (χ3v) is 4.91. The minimum absolute atomic E-state index is 0.576. The Bertz CT molecular complexity index is 398. The number of benzene rings is 1. The van der Waals surface area contributed by atoms with Crippen molar-refractivity contribution in [1.82, 2.24) is 5.32 Å². The predicted molar refractivity (Wildman–Crippen MR) is 83.4 cm³/mol. The molecule has 106 valence electrons. The fourth-order valence-corrected chi connectivity index (χ4v) is 3.33. The molecule has 1 aliphatic carbocycles. The minimum atomic E-state index is 0.576. The highest BCUT2D eigenvalue weighted by atomic mass is 14.9. The van der Waals surface area contributed by atoms with Crippen LogP contribution in [0, 0.1) is 18.8 Å². The van der Waals surface area contributed by atoms with Gasteiger partial charge in [-0.05, 0) is 62.5 Å². The van der Waals surface area contributed by atoms with E-state index in [1.807, 2.05) is 0 Å². The molecule has 0 spiro atoms. The Balaban J connectivity index is 1.85. The lowest BCUT2D eigenvalue weighted by Crippen LogP contribution is -2.42. The lowest BCUT2D eigenvalue weighted by molar-refractivity contribution is 0.217. The van der Waals surface area contributed by atoms with Crippen LogP contribution in [0.3, 0.4) is 0 Å². The molecule has 1 N–H and O–H groups in total. The van der Waals surface area contributed by atoms with Crippen LogP contribution in [0.5, 0.6) is 0 Å². The van der Waals surface area contributed by atoms with Crippen LogP contribution in [0.25, 0.3) is 0 Å². The summed E-state index contributed by atoms with van der Waals surface area (Å²) >= 11 is 0. The Labute approximate surface area is 118 Å². The molecular weight excluding hydrogens is 230 g/mol. The zero-order valence-electron chi connectivity index (χ0n) is 12.9. The van der Waals surface area contributed by atoms with E-state index in [1.54, 1.807) is 0 Å². The van der Waals surface area contributed by atoms with Crippen LogP contribution in [0.4, 0.5) is 0 Å². The molecule has 2 rings (SSSR count). The van der Waals surface area contributed by atoms with Crippen molar-refractivity contribution >= 4 is 0 Å². The van der Waals surface area contributed by atoms with E-state index in [2.05, 4.69) is 57.3 Å². The van der Waals surface area contributed by atoms with Gasteiger partial charge in [0.15, 0.2) is 0 Å². The van der Waals surface area contributed by atoms with Crippen molar-refractivity contribution in [2.24, 2.45) is 11.8 Å². The van der Waals surface area contributed by atoms with Gasteiger partial charge < -0.3 is 5.32 Å². The van der Waals surface area contributed by atoms with Crippen molar-refractivity contribution in [1.29, 1.82) is 0 Å². The Hall–Kier alpha value is -0.820. The van der Waals surface area contributed by atoms with Gasteiger partial charge in [0, 0.05) is 12.1 Å². The van der Waals surface area contributed by atoms with Crippen molar-refractivity contribution < 1.29 is 0 Å². The first-order chi connectivity index (χ1) is 9.06. The first-order valence-corrected chi connectivity index (χ1v) is 7.86. The highest BCUT2D eigenvalue weighted by Gasteiger charge is 2.25. The molecule has 0 bridgehead atoms. The van der Waals surface area contributed by atoms with E-state index >= 15 is 0 Å². The van der Waals surface area contributed by atoms with Crippen molar-refractivity contribution in [2.45, 2.75) is 65.5 Å². The summed E-state index contributed by atoms with van der Waals surface area (Å²) in [4.78, 5) is 0. The number of aryl methyl sites for hydroxylation is 1. The molecular formula is C18H29N. The second-order valence-corrected chi connectivity index (χ2v) is 6.66. The summed E-state index contributed by atoms with van der Waals surface area (Å²) in [5.74, 6) is 1.78. The lowest BCUT2D eigenvalue weighted by atomic mass is 9.79. The van der Waals surface area contributed by atoms with Crippen molar-refractivity contribution in [3.05, 3.63) is 35.4 Å². The molecule has 1 aromatic rings. The largest absolute Gasteiger partial charge is 0.311 e. The molecule has 4 unspecified atom stereocenters. The summed E-state index contributed by atoms with van der Waals surface area (Å²) in [5.41, 5.74) is 2.90. The normalized spacial score (nSPS) is 29.2. The Kier molecular flexibility index (Phi) is 5.04. The Morgan fingerprint density at radius 3 is 2.58 bits per heavy atom. The quantitative estimate of drug-likeness (QED) is 0.848. The van der Waals surface area contributed by atoms with Gasteiger partial charge in [-0.3, -0.25) is 0 Å². The topological polar surface area (TPSA) is 12.0 Å². The second kappa shape index (κ2) is 6.56. The summed E-state index contributed by atoms with van der Waals surface area (Å²) in [5, 5.41) is 3.85. The van der Waals surface area contributed by atoms with E-state index < -0.39 is 0 Å². The zero-order valence-corrected chi connectivity index (χ0v) is 12.9. The van der Waals surface area contributed by atoms with Crippen LogP contribution >= 0.6 is 0 Å². The summed E-state index contributed by atoms with van der Waals surface area (Å²) in [6, 6.07) is 10.1. The van der Waals surface area contributed by atoms with E-state index in [4.69, 9.17) is 0 Å². The maximum Gasteiger partial charge on any atom is 0.00818 e. The maximum atomic E-state index is 3.85. The van der Waals surface area contributed by atoms with Crippen molar-refractivity contribution in [2.75, 3.05) is 0 Å². The summed E-state index contributed by atoms with van der Waals surface area (Å²) < 4.78 is 0. The fourth-order valence-electron chi connectivity index (χ4n) is 3.33. The van der Waals surface area contributed by atoms with Gasteiger partial charge in [0.25, 0.3) is 0 Å². The molecule has 0 aromatic heterocycles. The molecule has 1 heteroatoms. The number of nitrogens with one attached hydrogen (secondary N) is 1. The molecule has 1 saturated carbocycles. The third kappa shape index (κ3) is 4.07. The van der Waals surface area contributed by atoms with Crippen LogP contribution in [-0.2, 0) is 6.42 Å². The molecule has 1 fully saturated rings. The first kappa shape index (κ1) is 14.6. The van der Waals surface area contributed by atoms with Gasteiger partial charge in [0.1, 0.15) is 0 Å². The molecule has 19 heavy (non-hydrogen) atoms. The first-order valence-electron chi connectivity index (χ1n) is 7.86. The van der Waals surface area contributed by atoms with E-state index in [9.17, 15) is 0 Å². The van der Waals surface area contributed by atoms with E-state index in [-0.39, 0.29) is 0 Å².